The second-order valence-electron chi connectivity index (χ2n) is 9.20. The summed E-state index contributed by atoms with van der Waals surface area (Å²) in [7, 11) is 0. The van der Waals surface area contributed by atoms with E-state index in [2.05, 4.69) is 14.9 Å². The summed E-state index contributed by atoms with van der Waals surface area (Å²) in [5.41, 5.74) is 1.94. The highest BCUT2D eigenvalue weighted by Gasteiger charge is 2.45. The quantitative estimate of drug-likeness (QED) is 0.662. The van der Waals surface area contributed by atoms with Gasteiger partial charge in [-0.2, -0.15) is 4.98 Å². The van der Waals surface area contributed by atoms with Crippen LogP contribution in [0, 0.1) is 0 Å². The van der Waals surface area contributed by atoms with Crippen LogP contribution in [0.15, 0.2) is 40.9 Å². The van der Waals surface area contributed by atoms with E-state index in [0.717, 1.165) is 24.1 Å². The molecule has 5 rings (SSSR count). The van der Waals surface area contributed by atoms with Crippen molar-refractivity contribution in [2.24, 2.45) is 0 Å². The third kappa shape index (κ3) is 3.56. The molecule has 8 heteroatoms. The number of amides is 1. The number of phenolic OH excluding ortho intramolecular Hbond substituents is 1. The molecule has 2 bridgehead atoms. The molecule has 2 aliphatic heterocycles. The Kier molecular flexibility index (Phi) is 4.53. The first-order valence-electron chi connectivity index (χ1n) is 10.6. The van der Waals surface area contributed by atoms with Crippen molar-refractivity contribution in [2.75, 3.05) is 18.0 Å². The van der Waals surface area contributed by atoms with Gasteiger partial charge in [0.15, 0.2) is 11.1 Å². The molecule has 3 aromatic rings. The standard InChI is InChI=1S/C23H26N4O4/c1-23(2,3)31-22(29)27-14-7-8-15(27)13-26(12-14)21-25-19-18(28)10-9-16(20(19)30-21)17-6-4-5-11-24-17/h4-6,9-11,14-15,28H,7-8,12-13H2,1-3H3. The molecule has 2 saturated heterocycles. The number of piperazine rings is 1. The van der Waals surface area contributed by atoms with E-state index in [-0.39, 0.29) is 23.9 Å². The minimum absolute atomic E-state index is 0.0486. The Bertz CT molecular complexity index is 1110. The van der Waals surface area contributed by atoms with Crippen LogP contribution < -0.4 is 4.90 Å². The van der Waals surface area contributed by atoms with E-state index in [0.29, 0.717) is 30.2 Å². The molecule has 0 radical (unpaired) electrons. The molecular weight excluding hydrogens is 396 g/mol. The molecule has 0 aliphatic carbocycles. The number of phenols is 1. The largest absolute Gasteiger partial charge is 0.506 e. The molecule has 0 spiro atoms. The lowest BCUT2D eigenvalue weighted by molar-refractivity contribution is 0.0120. The van der Waals surface area contributed by atoms with Crippen molar-refractivity contribution in [1.29, 1.82) is 0 Å². The van der Waals surface area contributed by atoms with E-state index >= 15 is 0 Å². The third-order valence-electron chi connectivity index (χ3n) is 5.81. The van der Waals surface area contributed by atoms with Gasteiger partial charge >= 0.3 is 6.09 Å². The van der Waals surface area contributed by atoms with Crippen LogP contribution in [0.5, 0.6) is 5.75 Å². The minimum atomic E-state index is -0.520. The Morgan fingerprint density at radius 3 is 2.55 bits per heavy atom. The summed E-state index contributed by atoms with van der Waals surface area (Å²) in [6, 6.07) is 9.61. The van der Waals surface area contributed by atoms with Crippen LogP contribution in [0.4, 0.5) is 10.8 Å². The number of hydrogen-bond donors (Lipinski definition) is 1. The molecule has 2 fully saturated rings. The van der Waals surface area contributed by atoms with Gasteiger partial charge in [-0.25, -0.2) is 4.79 Å². The Morgan fingerprint density at radius 1 is 1.16 bits per heavy atom. The fraction of sp³-hybridized carbons (Fsp3) is 0.435. The first-order chi connectivity index (χ1) is 14.8. The van der Waals surface area contributed by atoms with E-state index < -0.39 is 5.60 Å². The lowest BCUT2D eigenvalue weighted by Crippen LogP contribution is -2.56. The van der Waals surface area contributed by atoms with E-state index in [4.69, 9.17) is 9.15 Å². The first kappa shape index (κ1) is 19.7. The SMILES string of the molecule is CC(C)(C)OC(=O)N1C2CCC1CN(c1nc3c(O)ccc(-c4ccccn4)c3o1)C2. The van der Waals surface area contributed by atoms with Crippen LogP contribution in [0.2, 0.25) is 0 Å². The molecule has 1 aromatic carbocycles. The van der Waals surface area contributed by atoms with E-state index in [1.807, 2.05) is 43.9 Å². The summed E-state index contributed by atoms with van der Waals surface area (Å²) in [6.45, 7) is 6.87. The predicted octanol–water partition coefficient (Wildman–Crippen LogP) is 4.18. The summed E-state index contributed by atoms with van der Waals surface area (Å²) in [6.07, 6.45) is 3.31. The Labute approximate surface area is 180 Å². The molecule has 4 heterocycles. The van der Waals surface area contributed by atoms with Crippen molar-refractivity contribution in [3.8, 4) is 17.0 Å². The smallest absolute Gasteiger partial charge is 0.410 e. The summed E-state index contributed by atoms with van der Waals surface area (Å²) in [5, 5.41) is 10.4. The monoisotopic (exact) mass is 422 g/mol. The van der Waals surface area contributed by atoms with Gasteiger partial charge in [0.1, 0.15) is 11.4 Å². The molecule has 31 heavy (non-hydrogen) atoms. The van der Waals surface area contributed by atoms with Crippen LogP contribution in [-0.4, -0.2) is 56.8 Å². The molecule has 162 valence electrons. The predicted molar refractivity (Wildman–Crippen MR) is 116 cm³/mol. The number of hydrogen-bond acceptors (Lipinski definition) is 7. The van der Waals surface area contributed by atoms with Crippen LogP contribution in [0.1, 0.15) is 33.6 Å². The van der Waals surface area contributed by atoms with Gasteiger partial charge in [-0.05, 0) is 57.9 Å². The number of ether oxygens (including phenoxy) is 1. The zero-order valence-corrected chi connectivity index (χ0v) is 17.9. The number of anilines is 1. The van der Waals surface area contributed by atoms with Gasteiger partial charge in [0.25, 0.3) is 6.01 Å². The van der Waals surface area contributed by atoms with Gasteiger partial charge in [-0.1, -0.05) is 6.07 Å². The second kappa shape index (κ2) is 7.14. The lowest BCUT2D eigenvalue weighted by atomic mass is 10.1. The molecule has 2 aromatic heterocycles. The van der Waals surface area contributed by atoms with Crippen molar-refractivity contribution < 1.29 is 19.1 Å². The number of rotatable bonds is 2. The van der Waals surface area contributed by atoms with Gasteiger partial charge in [0, 0.05) is 24.8 Å². The molecule has 2 unspecified atom stereocenters. The highest BCUT2D eigenvalue weighted by molar-refractivity contribution is 5.93. The topological polar surface area (TPSA) is 91.9 Å². The molecule has 0 saturated carbocycles. The fourth-order valence-electron chi connectivity index (χ4n) is 4.51. The third-order valence-corrected chi connectivity index (χ3v) is 5.81. The van der Waals surface area contributed by atoms with Crippen molar-refractivity contribution in [2.45, 2.75) is 51.3 Å². The average Bonchev–Trinajstić information content (AvgIpc) is 3.28. The van der Waals surface area contributed by atoms with E-state index in [1.54, 1.807) is 18.3 Å². The normalized spacial score (nSPS) is 21.0. The number of carbonyl (C=O) groups excluding carboxylic acids is 1. The highest BCUT2D eigenvalue weighted by atomic mass is 16.6. The number of carbonyl (C=O) groups is 1. The van der Waals surface area contributed by atoms with Gasteiger partial charge in [-0.3, -0.25) is 9.88 Å². The molecule has 2 atom stereocenters. The number of nitrogens with zero attached hydrogens (tertiary/aromatic N) is 4. The molecule has 1 N–H and O–H groups in total. The number of oxazole rings is 1. The van der Waals surface area contributed by atoms with Crippen molar-refractivity contribution in [1.82, 2.24) is 14.9 Å². The Hall–Kier alpha value is -3.29. The van der Waals surface area contributed by atoms with Gasteiger partial charge in [-0.15, -0.1) is 0 Å². The Morgan fingerprint density at radius 2 is 1.90 bits per heavy atom. The van der Waals surface area contributed by atoms with Crippen molar-refractivity contribution >= 4 is 23.2 Å². The maximum absolute atomic E-state index is 12.7. The zero-order chi connectivity index (χ0) is 21.8. The number of aromatic nitrogens is 2. The summed E-state index contributed by atoms with van der Waals surface area (Å²) < 4.78 is 11.8. The lowest BCUT2D eigenvalue weighted by Gasteiger charge is -2.40. The van der Waals surface area contributed by atoms with Crippen LogP contribution in [-0.2, 0) is 4.74 Å². The Balaban J connectivity index is 1.44. The minimum Gasteiger partial charge on any atom is -0.506 e. The molecule has 2 aliphatic rings. The average molecular weight is 422 g/mol. The van der Waals surface area contributed by atoms with Gasteiger partial charge in [0.2, 0.25) is 0 Å². The van der Waals surface area contributed by atoms with Crippen LogP contribution in [0.25, 0.3) is 22.4 Å². The van der Waals surface area contributed by atoms with Gasteiger partial charge in [0.05, 0.1) is 17.8 Å². The fourth-order valence-corrected chi connectivity index (χ4v) is 4.51. The summed E-state index contributed by atoms with van der Waals surface area (Å²) in [4.78, 5) is 25.6. The number of aromatic hydroxyl groups is 1. The number of pyridine rings is 1. The second-order valence-corrected chi connectivity index (χ2v) is 9.20. The highest BCUT2D eigenvalue weighted by Crippen LogP contribution is 2.38. The van der Waals surface area contributed by atoms with Crippen molar-refractivity contribution in [3.05, 3.63) is 36.5 Å². The van der Waals surface area contributed by atoms with Crippen LogP contribution >= 0.6 is 0 Å². The molecular formula is C23H26N4O4. The first-order valence-corrected chi connectivity index (χ1v) is 10.6. The number of fused-ring (bicyclic) bond motifs is 3. The summed E-state index contributed by atoms with van der Waals surface area (Å²) >= 11 is 0. The molecule has 1 amide bonds. The van der Waals surface area contributed by atoms with E-state index in [1.165, 1.54) is 0 Å². The molecule has 8 nitrogen and oxygen atoms in total. The van der Waals surface area contributed by atoms with Crippen LogP contribution in [0.3, 0.4) is 0 Å². The summed E-state index contributed by atoms with van der Waals surface area (Å²) in [5.74, 6) is 0.0695. The van der Waals surface area contributed by atoms with Gasteiger partial charge < -0.3 is 19.2 Å². The van der Waals surface area contributed by atoms with E-state index in [9.17, 15) is 9.90 Å². The van der Waals surface area contributed by atoms with Crippen molar-refractivity contribution in [3.63, 3.8) is 0 Å². The maximum atomic E-state index is 12.7. The number of benzene rings is 1. The zero-order valence-electron chi connectivity index (χ0n) is 17.9. The maximum Gasteiger partial charge on any atom is 0.410 e.